The van der Waals surface area contributed by atoms with Gasteiger partial charge in [-0.1, -0.05) is 20.3 Å². The second-order valence-electron chi connectivity index (χ2n) is 4.40. The van der Waals surface area contributed by atoms with Crippen molar-refractivity contribution in [2.24, 2.45) is 5.92 Å². The first-order valence-electron chi connectivity index (χ1n) is 5.50. The van der Waals surface area contributed by atoms with Crippen LogP contribution in [0.1, 0.15) is 26.7 Å². The first-order chi connectivity index (χ1) is 7.35. The van der Waals surface area contributed by atoms with E-state index >= 15 is 0 Å². The Morgan fingerprint density at radius 1 is 1.50 bits per heavy atom. The minimum Gasteiger partial charge on any atom is -0.351 e. The number of hydrogen-bond acceptors (Lipinski definition) is 3. The fourth-order valence-corrected chi connectivity index (χ4v) is 4.38. The van der Waals surface area contributed by atoms with Gasteiger partial charge >= 0.3 is 0 Å². The Morgan fingerprint density at radius 3 is 2.56 bits per heavy atom. The number of hydrogen-bond donors (Lipinski definition) is 1. The fraction of sp³-hybridized carbons (Fsp3) is 0.900. The van der Waals surface area contributed by atoms with Crippen LogP contribution in [0.25, 0.3) is 0 Å². The predicted molar refractivity (Wildman–Crippen MR) is 64.3 cm³/mol. The van der Waals surface area contributed by atoms with Crippen LogP contribution in [0, 0.1) is 5.92 Å². The summed E-state index contributed by atoms with van der Waals surface area (Å²) in [5.74, 6) is -0.264. The normalized spacial score (nSPS) is 29.9. The fourth-order valence-electron chi connectivity index (χ4n) is 1.83. The topological polar surface area (TPSA) is 63.2 Å². The molecule has 1 aliphatic rings. The number of nitrogens with one attached hydrogen (secondary N) is 1. The second kappa shape index (κ2) is 5.36. The monoisotopic (exact) mass is 267 g/mol. The lowest BCUT2D eigenvalue weighted by Crippen LogP contribution is -2.43. The van der Waals surface area contributed by atoms with Crippen molar-refractivity contribution in [3.8, 4) is 0 Å². The molecule has 94 valence electrons. The molecule has 4 nitrogen and oxygen atoms in total. The molecule has 0 radical (unpaired) electrons. The molecule has 1 fully saturated rings. The van der Waals surface area contributed by atoms with Crippen LogP contribution >= 0.6 is 11.6 Å². The number of rotatable bonds is 4. The van der Waals surface area contributed by atoms with Crippen LogP contribution in [0.3, 0.4) is 0 Å². The highest BCUT2D eigenvalue weighted by molar-refractivity contribution is 7.91. The van der Waals surface area contributed by atoms with Crippen LogP contribution in [0.5, 0.6) is 0 Å². The molecule has 3 atom stereocenters. The SMILES string of the molecule is CCCC(C)C(=O)NC1CS(=O)(=O)CC1Cl. The highest BCUT2D eigenvalue weighted by atomic mass is 35.5. The van der Waals surface area contributed by atoms with E-state index in [1.54, 1.807) is 0 Å². The predicted octanol–water partition coefficient (Wildman–Crippen LogP) is 0.943. The van der Waals surface area contributed by atoms with Crippen LogP contribution in [0.15, 0.2) is 0 Å². The van der Waals surface area contributed by atoms with E-state index in [1.807, 2.05) is 13.8 Å². The van der Waals surface area contributed by atoms with E-state index in [2.05, 4.69) is 5.32 Å². The van der Waals surface area contributed by atoms with E-state index in [0.717, 1.165) is 12.8 Å². The molecular weight excluding hydrogens is 250 g/mol. The highest BCUT2D eigenvalue weighted by Gasteiger charge is 2.37. The standard InChI is InChI=1S/C10H18ClNO3S/c1-3-4-7(2)10(13)12-9-6-16(14,15)5-8(9)11/h7-9H,3-6H2,1-2H3,(H,12,13). The van der Waals surface area contributed by atoms with Crippen molar-refractivity contribution in [3.63, 3.8) is 0 Å². The minimum atomic E-state index is -3.07. The lowest BCUT2D eigenvalue weighted by molar-refractivity contribution is -0.125. The van der Waals surface area contributed by atoms with Gasteiger partial charge in [-0.15, -0.1) is 11.6 Å². The third-order valence-electron chi connectivity index (χ3n) is 2.78. The van der Waals surface area contributed by atoms with Crippen molar-refractivity contribution >= 4 is 27.3 Å². The van der Waals surface area contributed by atoms with Gasteiger partial charge in [0.25, 0.3) is 0 Å². The Morgan fingerprint density at radius 2 is 2.12 bits per heavy atom. The van der Waals surface area contributed by atoms with Gasteiger partial charge < -0.3 is 5.32 Å². The number of carbonyl (C=O) groups is 1. The molecule has 3 unspecified atom stereocenters. The van der Waals surface area contributed by atoms with Crippen molar-refractivity contribution in [2.75, 3.05) is 11.5 Å². The van der Waals surface area contributed by atoms with Gasteiger partial charge in [-0.05, 0) is 6.42 Å². The minimum absolute atomic E-state index is 0.0360. The number of sulfone groups is 1. The molecule has 1 saturated heterocycles. The van der Waals surface area contributed by atoms with Gasteiger partial charge in [-0.25, -0.2) is 8.42 Å². The Kier molecular flexibility index (Phi) is 4.62. The number of carbonyl (C=O) groups excluding carboxylic acids is 1. The zero-order chi connectivity index (χ0) is 12.3. The van der Waals surface area contributed by atoms with E-state index in [-0.39, 0.29) is 23.3 Å². The lowest BCUT2D eigenvalue weighted by Gasteiger charge is -2.17. The summed E-state index contributed by atoms with van der Waals surface area (Å²) in [5, 5.41) is 2.22. The molecule has 0 saturated carbocycles. The van der Waals surface area contributed by atoms with E-state index in [9.17, 15) is 13.2 Å². The molecule has 6 heteroatoms. The summed E-state index contributed by atoms with van der Waals surface area (Å²) in [5.41, 5.74) is 0. The van der Waals surface area contributed by atoms with Crippen LogP contribution in [-0.4, -0.2) is 37.2 Å². The maximum atomic E-state index is 11.7. The summed E-state index contributed by atoms with van der Waals surface area (Å²) < 4.78 is 22.6. The third-order valence-corrected chi connectivity index (χ3v) is 5.16. The molecule has 1 aliphatic heterocycles. The average molecular weight is 268 g/mol. The number of amides is 1. The van der Waals surface area contributed by atoms with E-state index < -0.39 is 21.3 Å². The smallest absolute Gasteiger partial charge is 0.223 e. The molecule has 0 aromatic rings. The molecule has 16 heavy (non-hydrogen) atoms. The highest BCUT2D eigenvalue weighted by Crippen LogP contribution is 2.18. The third kappa shape index (κ3) is 3.63. The molecule has 0 aromatic heterocycles. The van der Waals surface area contributed by atoms with Crippen LogP contribution in [0.4, 0.5) is 0 Å². The second-order valence-corrected chi connectivity index (χ2v) is 7.11. The van der Waals surface area contributed by atoms with Crippen molar-refractivity contribution in [3.05, 3.63) is 0 Å². The Bertz CT molecular complexity index is 355. The van der Waals surface area contributed by atoms with Crippen LogP contribution in [0.2, 0.25) is 0 Å². The van der Waals surface area contributed by atoms with Crippen LogP contribution in [-0.2, 0) is 14.6 Å². The maximum absolute atomic E-state index is 11.7. The molecule has 1 rings (SSSR count). The van der Waals surface area contributed by atoms with Gasteiger partial charge in [0.2, 0.25) is 5.91 Å². The first-order valence-corrected chi connectivity index (χ1v) is 7.76. The molecular formula is C10H18ClNO3S. The summed E-state index contributed by atoms with van der Waals surface area (Å²) in [7, 11) is -3.07. The van der Waals surface area contributed by atoms with Gasteiger partial charge in [0.15, 0.2) is 9.84 Å². The van der Waals surface area contributed by atoms with Gasteiger partial charge in [-0.2, -0.15) is 0 Å². The number of alkyl halides is 1. The van der Waals surface area contributed by atoms with E-state index in [0.29, 0.717) is 0 Å². The van der Waals surface area contributed by atoms with Crippen molar-refractivity contribution < 1.29 is 13.2 Å². The zero-order valence-corrected chi connectivity index (χ0v) is 11.1. The molecule has 1 heterocycles. The molecule has 0 spiro atoms. The summed E-state index contributed by atoms with van der Waals surface area (Å²) in [6.45, 7) is 3.85. The van der Waals surface area contributed by atoms with E-state index in [1.165, 1.54) is 0 Å². The molecule has 0 aliphatic carbocycles. The van der Waals surface area contributed by atoms with Gasteiger partial charge in [0.1, 0.15) is 0 Å². The first kappa shape index (κ1) is 13.8. The van der Waals surface area contributed by atoms with Gasteiger partial charge in [-0.3, -0.25) is 4.79 Å². The summed E-state index contributed by atoms with van der Waals surface area (Å²) in [4.78, 5) is 11.7. The quantitative estimate of drug-likeness (QED) is 0.771. The Balaban J connectivity index is 2.52. The summed E-state index contributed by atoms with van der Waals surface area (Å²) in [6.07, 6.45) is 1.74. The maximum Gasteiger partial charge on any atom is 0.223 e. The summed E-state index contributed by atoms with van der Waals surface area (Å²) in [6, 6.07) is -0.432. The lowest BCUT2D eigenvalue weighted by atomic mass is 10.0. The van der Waals surface area contributed by atoms with E-state index in [4.69, 9.17) is 11.6 Å². The summed E-state index contributed by atoms with van der Waals surface area (Å²) >= 11 is 5.89. The largest absolute Gasteiger partial charge is 0.351 e. The van der Waals surface area contributed by atoms with Gasteiger partial charge in [0, 0.05) is 5.92 Å². The van der Waals surface area contributed by atoms with Crippen LogP contribution < -0.4 is 5.32 Å². The van der Waals surface area contributed by atoms with Crippen molar-refractivity contribution in [1.29, 1.82) is 0 Å². The Labute approximate surface area is 102 Å². The molecule has 0 aromatic carbocycles. The average Bonchev–Trinajstić information content (AvgIpc) is 2.40. The molecule has 1 N–H and O–H groups in total. The molecule has 0 bridgehead atoms. The number of halogens is 1. The van der Waals surface area contributed by atoms with Crippen molar-refractivity contribution in [2.45, 2.75) is 38.1 Å². The zero-order valence-electron chi connectivity index (χ0n) is 9.57. The molecule has 1 amide bonds. The van der Waals surface area contributed by atoms with Gasteiger partial charge in [0.05, 0.1) is 22.9 Å². The van der Waals surface area contributed by atoms with Crippen molar-refractivity contribution in [1.82, 2.24) is 5.32 Å². The Hall–Kier alpha value is -0.290.